The molecule has 0 aliphatic carbocycles. The van der Waals surface area contributed by atoms with Gasteiger partial charge < -0.3 is 4.74 Å². The SMILES string of the molecule is C=CC=C(OC)C(=C)C(C)C. The maximum atomic E-state index is 5.10. The summed E-state index contributed by atoms with van der Waals surface area (Å²) >= 11 is 0. The highest BCUT2D eigenvalue weighted by Gasteiger charge is 2.04. The van der Waals surface area contributed by atoms with Gasteiger partial charge in [-0.1, -0.05) is 33.1 Å². The average molecular weight is 152 g/mol. The number of allylic oxidation sites excluding steroid dienone is 3. The summed E-state index contributed by atoms with van der Waals surface area (Å²) in [6.45, 7) is 11.7. The molecule has 0 aliphatic rings. The highest BCUT2D eigenvalue weighted by molar-refractivity contribution is 5.27. The molecule has 0 spiro atoms. The van der Waals surface area contributed by atoms with E-state index in [-0.39, 0.29) is 0 Å². The van der Waals surface area contributed by atoms with Crippen LogP contribution in [0.3, 0.4) is 0 Å². The Balaban J connectivity index is 4.38. The van der Waals surface area contributed by atoms with Crippen molar-refractivity contribution < 1.29 is 4.74 Å². The Morgan fingerprint density at radius 2 is 2.00 bits per heavy atom. The second-order valence-electron chi connectivity index (χ2n) is 2.65. The molecule has 0 atom stereocenters. The summed E-state index contributed by atoms with van der Waals surface area (Å²) in [6, 6.07) is 0. The van der Waals surface area contributed by atoms with Crippen molar-refractivity contribution in [2.75, 3.05) is 7.11 Å². The smallest absolute Gasteiger partial charge is 0.121 e. The molecule has 0 bridgehead atoms. The lowest BCUT2D eigenvalue weighted by atomic mass is 10.0. The fraction of sp³-hybridized carbons (Fsp3) is 0.400. The Morgan fingerprint density at radius 1 is 1.45 bits per heavy atom. The highest BCUT2D eigenvalue weighted by atomic mass is 16.5. The third kappa shape index (κ3) is 3.08. The maximum absolute atomic E-state index is 5.10. The van der Waals surface area contributed by atoms with E-state index in [0.29, 0.717) is 5.92 Å². The van der Waals surface area contributed by atoms with Crippen LogP contribution in [-0.4, -0.2) is 7.11 Å². The zero-order valence-corrected chi connectivity index (χ0v) is 7.55. The molecule has 0 saturated heterocycles. The molecular formula is C10H16O. The zero-order valence-electron chi connectivity index (χ0n) is 7.55. The lowest BCUT2D eigenvalue weighted by Gasteiger charge is -2.11. The number of rotatable bonds is 4. The Morgan fingerprint density at radius 3 is 2.27 bits per heavy atom. The van der Waals surface area contributed by atoms with Crippen LogP contribution in [0.1, 0.15) is 13.8 Å². The van der Waals surface area contributed by atoms with Crippen molar-refractivity contribution >= 4 is 0 Å². The minimum Gasteiger partial charge on any atom is -0.496 e. The summed E-state index contributed by atoms with van der Waals surface area (Å²) in [5, 5.41) is 0. The Hall–Kier alpha value is -0.980. The number of ether oxygens (including phenoxy) is 1. The number of hydrogen-bond donors (Lipinski definition) is 0. The van der Waals surface area contributed by atoms with Gasteiger partial charge in [-0.25, -0.2) is 0 Å². The summed E-state index contributed by atoms with van der Waals surface area (Å²) < 4.78 is 5.10. The second kappa shape index (κ2) is 4.78. The van der Waals surface area contributed by atoms with Crippen molar-refractivity contribution in [1.82, 2.24) is 0 Å². The van der Waals surface area contributed by atoms with E-state index < -0.39 is 0 Å². The van der Waals surface area contributed by atoms with Crippen LogP contribution in [0.4, 0.5) is 0 Å². The van der Waals surface area contributed by atoms with Gasteiger partial charge in [-0.2, -0.15) is 0 Å². The van der Waals surface area contributed by atoms with Gasteiger partial charge in [0.25, 0.3) is 0 Å². The molecule has 0 saturated carbocycles. The van der Waals surface area contributed by atoms with Gasteiger partial charge >= 0.3 is 0 Å². The fourth-order valence-corrected chi connectivity index (χ4v) is 0.698. The first-order valence-electron chi connectivity index (χ1n) is 3.69. The van der Waals surface area contributed by atoms with Crippen molar-refractivity contribution in [1.29, 1.82) is 0 Å². The molecule has 1 heteroatoms. The summed E-state index contributed by atoms with van der Waals surface area (Å²) in [7, 11) is 1.64. The van der Waals surface area contributed by atoms with E-state index in [1.54, 1.807) is 13.2 Å². The first kappa shape index (κ1) is 10.0. The van der Waals surface area contributed by atoms with Crippen molar-refractivity contribution in [2.24, 2.45) is 5.92 Å². The van der Waals surface area contributed by atoms with E-state index in [2.05, 4.69) is 27.0 Å². The largest absolute Gasteiger partial charge is 0.496 e. The molecule has 0 fully saturated rings. The van der Waals surface area contributed by atoms with Gasteiger partial charge in [0, 0.05) is 0 Å². The van der Waals surface area contributed by atoms with Gasteiger partial charge in [0.15, 0.2) is 0 Å². The molecule has 0 radical (unpaired) electrons. The minimum absolute atomic E-state index is 0.418. The minimum atomic E-state index is 0.418. The van der Waals surface area contributed by atoms with Crippen LogP contribution in [-0.2, 0) is 4.74 Å². The third-order valence-corrected chi connectivity index (χ3v) is 1.50. The number of hydrogen-bond acceptors (Lipinski definition) is 1. The standard InChI is InChI=1S/C10H16O/c1-6-7-10(11-5)9(4)8(2)3/h6-8H,1,4H2,2-3,5H3. The van der Waals surface area contributed by atoms with Gasteiger partial charge in [-0.05, 0) is 17.6 Å². The van der Waals surface area contributed by atoms with E-state index in [0.717, 1.165) is 11.3 Å². The van der Waals surface area contributed by atoms with E-state index in [1.165, 1.54) is 0 Å². The van der Waals surface area contributed by atoms with Crippen LogP contribution in [0.15, 0.2) is 36.6 Å². The van der Waals surface area contributed by atoms with E-state index in [4.69, 9.17) is 4.74 Å². The second-order valence-corrected chi connectivity index (χ2v) is 2.65. The van der Waals surface area contributed by atoms with Crippen LogP contribution < -0.4 is 0 Å². The fourth-order valence-electron chi connectivity index (χ4n) is 0.698. The predicted molar refractivity (Wildman–Crippen MR) is 49.3 cm³/mol. The van der Waals surface area contributed by atoms with E-state index in [1.807, 2.05) is 6.08 Å². The average Bonchev–Trinajstić information content (AvgIpc) is 1.98. The normalized spacial score (nSPS) is 11.5. The van der Waals surface area contributed by atoms with Gasteiger partial charge in [-0.3, -0.25) is 0 Å². The van der Waals surface area contributed by atoms with E-state index >= 15 is 0 Å². The molecule has 0 heterocycles. The lowest BCUT2D eigenvalue weighted by Crippen LogP contribution is -1.98. The number of methoxy groups -OCH3 is 1. The molecule has 0 aromatic carbocycles. The molecular weight excluding hydrogens is 136 g/mol. The lowest BCUT2D eigenvalue weighted by molar-refractivity contribution is 0.295. The highest BCUT2D eigenvalue weighted by Crippen LogP contribution is 2.17. The van der Waals surface area contributed by atoms with Crippen molar-refractivity contribution in [2.45, 2.75) is 13.8 Å². The van der Waals surface area contributed by atoms with Gasteiger partial charge in [0.2, 0.25) is 0 Å². The van der Waals surface area contributed by atoms with Crippen LogP contribution >= 0.6 is 0 Å². The summed E-state index contributed by atoms with van der Waals surface area (Å²) in [6.07, 6.45) is 3.52. The van der Waals surface area contributed by atoms with E-state index in [9.17, 15) is 0 Å². The zero-order chi connectivity index (χ0) is 8.85. The molecule has 62 valence electrons. The van der Waals surface area contributed by atoms with Crippen LogP contribution in [0.25, 0.3) is 0 Å². The molecule has 0 aromatic rings. The molecule has 0 unspecified atom stereocenters. The first-order valence-corrected chi connectivity index (χ1v) is 3.69. The van der Waals surface area contributed by atoms with Gasteiger partial charge in [0.1, 0.15) is 5.76 Å². The Kier molecular flexibility index (Phi) is 4.35. The Labute approximate surface area is 69.1 Å². The van der Waals surface area contributed by atoms with Crippen molar-refractivity contribution in [3.63, 3.8) is 0 Å². The summed E-state index contributed by atoms with van der Waals surface area (Å²) in [5.41, 5.74) is 1.01. The monoisotopic (exact) mass is 152 g/mol. The summed E-state index contributed by atoms with van der Waals surface area (Å²) in [5.74, 6) is 1.23. The molecule has 0 rings (SSSR count). The summed E-state index contributed by atoms with van der Waals surface area (Å²) in [4.78, 5) is 0. The van der Waals surface area contributed by atoms with Crippen LogP contribution in [0.5, 0.6) is 0 Å². The van der Waals surface area contributed by atoms with Crippen LogP contribution in [0, 0.1) is 5.92 Å². The molecule has 0 aromatic heterocycles. The first-order chi connectivity index (χ1) is 5.13. The van der Waals surface area contributed by atoms with Crippen LogP contribution in [0.2, 0.25) is 0 Å². The predicted octanol–water partition coefficient (Wildman–Crippen LogP) is 2.91. The Bertz CT molecular complexity index is 175. The molecule has 11 heavy (non-hydrogen) atoms. The van der Waals surface area contributed by atoms with Crippen molar-refractivity contribution in [3.8, 4) is 0 Å². The quantitative estimate of drug-likeness (QED) is 0.444. The molecule has 0 amide bonds. The topological polar surface area (TPSA) is 9.23 Å². The molecule has 0 N–H and O–H groups in total. The maximum Gasteiger partial charge on any atom is 0.121 e. The van der Waals surface area contributed by atoms with Gasteiger partial charge in [0.05, 0.1) is 7.11 Å². The molecule has 1 nitrogen and oxygen atoms in total. The van der Waals surface area contributed by atoms with Crippen molar-refractivity contribution in [3.05, 3.63) is 36.6 Å². The molecule has 0 aliphatic heterocycles. The van der Waals surface area contributed by atoms with Gasteiger partial charge in [-0.15, -0.1) is 0 Å². The third-order valence-electron chi connectivity index (χ3n) is 1.50.